The summed E-state index contributed by atoms with van der Waals surface area (Å²) in [6.45, 7) is -0.0421. The Hall–Kier alpha value is -3.11. The molecule has 0 saturated carbocycles. The van der Waals surface area contributed by atoms with Gasteiger partial charge in [-0.3, -0.25) is 9.59 Å². The molecule has 4 rings (SSSR count). The summed E-state index contributed by atoms with van der Waals surface area (Å²) in [5, 5.41) is 3.41. The SMILES string of the molecule is O=C1CN(C(=O)c2ccccc2)[C@@H](c2ccccc2)c2ccc(Cl)cc2N1. The van der Waals surface area contributed by atoms with Crippen LogP contribution < -0.4 is 5.32 Å². The molecule has 0 radical (unpaired) electrons. The first-order chi connectivity index (χ1) is 13.1. The quantitative estimate of drug-likeness (QED) is 0.714. The lowest BCUT2D eigenvalue weighted by molar-refractivity contribution is -0.117. The van der Waals surface area contributed by atoms with Gasteiger partial charge in [-0.05, 0) is 29.8 Å². The second-order valence-corrected chi connectivity index (χ2v) is 6.83. The highest BCUT2D eigenvalue weighted by atomic mass is 35.5. The summed E-state index contributed by atoms with van der Waals surface area (Å²) in [4.78, 5) is 27.4. The van der Waals surface area contributed by atoms with E-state index in [1.54, 1.807) is 29.2 Å². The van der Waals surface area contributed by atoms with Gasteiger partial charge in [0.15, 0.2) is 0 Å². The van der Waals surface area contributed by atoms with Gasteiger partial charge >= 0.3 is 0 Å². The van der Waals surface area contributed by atoms with Crippen LogP contribution in [0.15, 0.2) is 78.9 Å². The van der Waals surface area contributed by atoms with Crippen LogP contribution in [0.25, 0.3) is 0 Å². The molecule has 134 valence electrons. The molecule has 1 atom stereocenters. The fourth-order valence-electron chi connectivity index (χ4n) is 3.41. The molecule has 0 unspecified atom stereocenters. The third-order valence-corrected chi connectivity index (χ3v) is 4.84. The molecular weight excluding hydrogens is 360 g/mol. The van der Waals surface area contributed by atoms with Gasteiger partial charge in [0.25, 0.3) is 5.91 Å². The van der Waals surface area contributed by atoms with Crippen LogP contribution in [0.5, 0.6) is 0 Å². The molecule has 1 aliphatic rings. The Morgan fingerprint density at radius 2 is 1.63 bits per heavy atom. The minimum Gasteiger partial charge on any atom is -0.324 e. The van der Waals surface area contributed by atoms with Crippen molar-refractivity contribution in [2.45, 2.75) is 6.04 Å². The predicted octanol–water partition coefficient (Wildman–Crippen LogP) is 4.52. The number of carbonyl (C=O) groups excluding carboxylic acids is 2. The predicted molar refractivity (Wildman–Crippen MR) is 106 cm³/mol. The highest BCUT2D eigenvalue weighted by molar-refractivity contribution is 6.31. The summed E-state index contributed by atoms with van der Waals surface area (Å²) >= 11 is 6.13. The number of halogens is 1. The summed E-state index contributed by atoms with van der Waals surface area (Å²) in [5.41, 5.74) is 2.94. The maximum Gasteiger partial charge on any atom is 0.255 e. The van der Waals surface area contributed by atoms with Crippen molar-refractivity contribution in [2.24, 2.45) is 0 Å². The van der Waals surface area contributed by atoms with E-state index in [1.807, 2.05) is 54.6 Å². The lowest BCUT2D eigenvalue weighted by Crippen LogP contribution is -2.38. The zero-order valence-corrected chi connectivity index (χ0v) is 15.2. The van der Waals surface area contributed by atoms with E-state index in [9.17, 15) is 9.59 Å². The van der Waals surface area contributed by atoms with Crippen LogP contribution in [0.1, 0.15) is 27.5 Å². The van der Waals surface area contributed by atoms with Gasteiger partial charge in [-0.15, -0.1) is 0 Å². The molecule has 0 aromatic heterocycles. The Bertz CT molecular complexity index is 990. The van der Waals surface area contributed by atoms with Gasteiger partial charge in [0.2, 0.25) is 5.91 Å². The molecule has 1 heterocycles. The van der Waals surface area contributed by atoms with Crippen molar-refractivity contribution in [3.05, 3.63) is 101 Å². The molecule has 3 aromatic carbocycles. The van der Waals surface area contributed by atoms with Crippen LogP contribution in [-0.2, 0) is 4.79 Å². The van der Waals surface area contributed by atoms with E-state index < -0.39 is 6.04 Å². The largest absolute Gasteiger partial charge is 0.324 e. The Balaban J connectivity index is 1.89. The molecule has 2 amide bonds. The molecule has 0 aliphatic carbocycles. The maximum atomic E-state index is 13.3. The van der Waals surface area contributed by atoms with Crippen LogP contribution in [0.4, 0.5) is 5.69 Å². The zero-order valence-electron chi connectivity index (χ0n) is 14.4. The number of nitrogens with one attached hydrogen (secondary N) is 1. The highest BCUT2D eigenvalue weighted by Gasteiger charge is 2.33. The Morgan fingerprint density at radius 1 is 0.963 bits per heavy atom. The number of rotatable bonds is 2. The average Bonchev–Trinajstić information content (AvgIpc) is 2.84. The molecule has 1 N–H and O–H groups in total. The minimum absolute atomic E-state index is 0.0421. The standard InChI is InChI=1S/C22H17ClN2O2/c23-17-11-12-18-19(13-17)24-20(26)14-25(21(18)15-7-3-1-4-8-15)22(27)16-9-5-2-6-10-16/h1-13,21H,14H2,(H,24,26)/t21-/m0/s1. The number of nitrogens with zero attached hydrogens (tertiary/aromatic N) is 1. The van der Waals surface area contributed by atoms with E-state index in [2.05, 4.69) is 5.32 Å². The fraction of sp³-hybridized carbons (Fsp3) is 0.0909. The lowest BCUT2D eigenvalue weighted by atomic mass is 9.95. The van der Waals surface area contributed by atoms with Crippen LogP contribution in [0, 0.1) is 0 Å². The zero-order chi connectivity index (χ0) is 18.8. The topological polar surface area (TPSA) is 49.4 Å². The van der Waals surface area contributed by atoms with Gasteiger partial charge < -0.3 is 10.2 Å². The van der Waals surface area contributed by atoms with Gasteiger partial charge in [-0.1, -0.05) is 66.2 Å². The molecule has 5 heteroatoms. The Kier molecular flexibility index (Phi) is 4.65. The van der Waals surface area contributed by atoms with Crippen LogP contribution >= 0.6 is 11.6 Å². The van der Waals surface area contributed by atoms with Crippen molar-refractivity contribution in [1.29, 1.82) is 0 Å². The molecule has 4 nitrogen and oxygen atoms in total. The first kappa shape index (κ1) is 17.3. The van der Waals surface area contributed by atoms with E-state index in [0.717, 1.165) is 11.1 Å². The Morgan fingerprint density at radius 3 is 2.33 bits per heavy atom. The second kappa shape index (κ2) is 7.25. The molecule has 0 saturated heterocycles. The van der Waals surface area contributed by atoms with Crippen LogP contribution in [0.2, 0.25) is 5.02 Å². The summed E-state index contributed by atoms with van der Waals surface area (Å²) in [5.74, 6) is -0.441. The molecule has 1 aliphatic heterocycles. The third kappa shape index (κ3) is 3.44. The van der Waals surface area contributed by atoms with Crippen molar-refractivity contribution in [1.82, 2.24) is 4.90 Å². The average molecular weight is 377 g/mol. The van der Waals surface area contributed by atoms with E-state index in [1.165, 1.54) is 0 Å². The number of carbonyl (C=O) groups is 2. The second-order valence-electron chi connectivity index (χ2n) is 6.39. The summed E-state index contributed by atoms with van der Waals surface area (Å²) in [6, 6.07) is 23.7. The summed E-state index contributed by atoms with van der Waals surface area (Å²) < 4.78 is 0. The summed E-state index contributed by atoms with van der Waals surface area (Å²) in [7, 11) is 0. The number of hydrogen-bond donors (Lipinski definition) is 1. The maximum absolute atomic E-state index is 13.3. The van der Waals surface area contributed by atoms with Gasteiger partial charge in [-0.2, -0.15) is 0 Å². The normalized spacial score (nSPS) is 16.3. The molecule has 3 aromatic rings. The first-order valence-corrected chi connectivity index (χ1v) is 9.01. The smallest absolute Gasteiger partial charge is 0.255 e. The monoisotopic (exact) mass is 376 g/mol. The fourth-order valence-corrected chi connectivity index (χ4v) is 3.58. The summed E-state index contributed by atoms with van der Waals surface area (Å²) in [6.07, 6.45) is 0. The van der Waals surface area contributed by atoms with Gasteiger partial charge in [0, 0.05) is 21.8 Å². The van der Waals surface area contributed by atoms with Crippen LogP contribution in [-0.4, -0.2) is 23.3 Å². The molecule has 27 heavy (non-hydrogen) atoms. The highest BCUT2D eigenvalue weighted by Crippen LogP contribution is 2.37. The van der Waals surface area contributed by atoms with Crippen molar-refractivity contribution in [3.8, 4) is 0 Å². The van der Waals surface area contributed by atoms with E-state index in [0.29, 0.717) is 16.3 Å². The number of fused-ring (bicyclic) bond motifs is 1. The lowest BCUT2D eigenvalue weighted by Gasteiger charge is -2.30. The van der Waals surface area contributed by atoms with Crippen molar-refractivity contribution >= 4 is 29.1 Å². The van der Waals surface area contributed by atoms with Gasteiger partial charge in [0.05, 0.1) is 6.04 Å². The van der Waals surface area contributed by atoms with E-state index in [4.69, 9.17) is 11.6 Å². The van der Waals surface area contributed by atoms with E-state index >= 15 is 0 Å². The number of amides is 2. The molecule has 0 bridgehead atoms. The van der Waals surface area contributed by atoms with Crippen molar-refractivity contribution < 1.29 is 9.59 Å². The minimum atomic E-state index is -0.398. The van der Waals surface area contributed by atoms with Gasteiger partial charge in [0.1, 0.15) is 6.54 Å². The van der Waals surface area contributed by atoms with Gasteiger partial charge in [-0.25, -0.2) is 0 Å². The third-order valence-electron chi connectivity index (χ3n) is 4.61. The molecular formula is C22H17ClN2O2. The molecule has 0 fully saturated rings. The number of anilines is 1. The number of benzene rings is 3. The van der Waals surface area contributed by atoms with Crippen molar-refractivity contribution in [2.75, 3.05) is 11.9 Å². The molecule has 0 spiro atoms. The Labute approximate surface area is 162 Å². The van der Waals surface area contributed by atoms with Crippen LogP contribution in [0.3, 0.4) is 0 Å². The first-order valence-electron chi connectivity index (χ1n) is 8.64. The van der Waals surface area contributed by atoms with Crippen molar-refractivity contribution in [3.63, 3.8) is 0 Å². The number of hydrogen-bond acceptors (Lipinski definition) is 2. The van der Waals surface area contributed by atoms with E-state index in [-0.39, 0.29) is 18.4 Å².